The molecule has 0 aliphatic carbocycles. The molecular formula is C11H18AsN. The van der Waals surface area contributed by atoms with Crippen molar-refractivity contribution in [3.8, 4) is 0 Å². The van der Waals surface area contributed by atoms with E-state index in [0.717, 1.165) is 6.42 Å². The van der Waals surface area contributed by atoms with E-state index in [4.69, 9.17) is 0 Å². The maximum atomic E-state index is 3.36. The van der Waals surface area contributed by atoms with Gasteiger partial charge in [0.05, 0.1) is 0 Å². The van der Waals surface area contributed by atoms with E-state index in [1.807, 2.05) is 16.9 Å². The van der Waals surface area contributed by atoms with Crippen LogP contribution in [-0.2, 0) is 6.42 Å². The average molecular weight is 239 g/mol. The van der Waals surface area contributed by atoms with Gasteiger partial charge in [0.1, 0.15) is 0 Å². The Kier molecular flexibility index (Phi) is 5.19. The molecule has 2 atom stereocenters. The van der Waals surface area contributed by atoms with E-state index in [-0.39, 0.29) is 0 Å². The third kappa shape index (κ3) is 3.97. The second kappa shape index (κ2) is 6.23. The van der Waals surface area contributed by atoms with Gasteiger partial charge in [-0.15, -0.1) is 0 Å². The molecule has 0 aliphatic heterocycles. The van der Waals surface area contributed by atoms with Gasteiger partial charge in [0, 0.05) is 0 Å². The molecule has 0 bridgehead atoms. The summed E-state index contributed by atoms with van der Waals surface area (Å²) in [7, 11) is 2.05. The molecular weight excluding hydrogens is 221 g/mol. The molecule has 1 N–H and O–H groups in total. The van der Waals surface area contributed by atoms with Crippen molar-refractivity contribution in [1.82, 2.24) is 5.32 Å². The molecule has 1 rings (SSSR count). The summed E-state index contributed by atoms with van der Waals surface area (Å²) in [5.74, 6) is 0. The Morgan fingerprint density at radius 2 is 2.00 bits per heavy atom. The van der Waals surface area contributed by atoms with Crippen molar-refractivity contribution in [2.75, 3.05) is 7.05 Å². The Bertz CT molecular complexity index is 223. The van der Waals surface area contributed by atoms with Crippen LogP contribution in [0.25, 0.3) is 0 Å². The molecule has 1 aromatic carbocycles. The first-order valence-corrected chi connectivity index (χ1v) is 6.49. The van der Waals surface area contributed by atoms with Gasteiger partial charge < -0.3 is 0 Å². The molecule has 0 heterocycles. The van der Waals surface area contributed by atoms with Crippen LogP contribution in [0.1, 0.15) is 12.0 Å². The standard InChI is InChI=1S/C11H18AsN/c1-13-11(7-8-12)9-10-5-3-2-4-6-10/h2-6,11,13H,7-9,12H2,1H3/t11-/m1/s1. The molecule has 72 valence electrons. The van der Waals surface area contributed by atoms with Crippen molar-refractivity contribution >= 4 is 16.9 Å². The Hall–Kier alpha value is -0.262. The van der Waals surface area contributed by atoms with Gasteiger partial charge in [0.2, 0.25) is 0 Å². The fourth-order valence-corrected chi connectivity index (χ4v) is 2.29. The number of hydrogen-bond donors (Lipinski definition) is 1. The summed E-state index contributed by atoms with van der Waals surface area (Å²) < 4.78 is 0. The normalized spacial score (nSPS) is 12.8. The van der Waals surface area contributed by atoms with E-state index in [1.54, 1.807) is 0 Å². The summed E-state index contributed by atoms with van der Waals surface area (Å²) in [6.45, 7) is 0. The van der Waals surface area contributed by atoms with E-state index in [2.05, 4.69) is 42.7 Å². The molecule has 1 nitrogen and oxygen atoms in total. The summed E-state index contributed by atoms with van der Waals surface area (Å²) in [6.07, 6.45) is 2.44. The van der Waals surface area contributed by atoms with E-state index in [9.17, 15) is 0 Å². The van der Waals surface area contributed by atoms with Crippen LogP contribution in [0, 0.1) is 0 Å². The van der Waals surface area contributed by atoms with Crippen LogP contribution in [-0.4, -0.2) is 29.9 Å². The van der Waals surface area contributed by atoms with E-state index in [0.29, 0.717) is 6.04 Å². The Morgan fingerprint density at radius 3 is 2.54 bits per heavy atom. The predicted octanol–water partition coefficient (Wildman–Crippen LogP) is 1.26. The van der Waals surface area contributed by atoms with Crippen molar-refractivity contribution in [3.63, 3.8) is 0 Å². The van der Waals surface area contributed by atoms with Crippen molar-refractivity contribution in [2.24, 2.45) is 0 Å². The van der Waals surface area contributed by atoms with Gasteiger partial charge in [-0.2, -0.15) is 0 Å². The van der Waals surface area contributed by atoms with Gasteiger partial charge in [-0.05, 0) is 0 Å². The molecule has 0 saturated carbocycles. The van der Waals surface area contributed by atoms with Crippen LogP contribution in [0.4, 0.5) is 0 Å². The van der Waals surface area contributed by atoms with Gasteiger partial charge in [-0.25, -0.2) is 0 Å². The van der Waals surface area contributed by atoms with E-state index >= 15 is 0 Å². The molecule has 1 aromatic rings. The number of benzene rings is 1. The second-order valence-corrected chi connectivity index (χ2v) is 4.46. The zero-order valence-electron chi connectivity index (χ0n) is 8.16. The molecule has 0 fully saturated rings. The Balaban J connectivity index is 2.46. The van der Waals surface area contributed by atoms with Gasteiger partial charge in [0.25, 0.3) is 0 Å². The molecule has 0 saturated heterocycles. The summed E-state index contributed by atoms with van der Waals surface area (Å²) in [6, 6.07) is 11.3. The SMILES string of the molecule is CN[C@H](CC[AsH2])Cc1ccccc1. The van der Waals surface area contributed by atoms with E-state index in [1.165, 1.54) is 17.2 Å². The zero-order chi connectivity index (χ0) is 9.52. The fraction of sp³-hybridized carbons (Fsp3) is 0.455. The van der Waals surface area contributed by atoms with Crippen LogP contribution in [0.2, 0.25) is 5.21 Å². The molecule has 13 heavy (non-hydrogen) atoms. The predicted molar refractivity (Wildman–Crippen MR) is 61.0 cm³/mol. The summed E-state index contributed by atoms with van der Waals surface area (Å²) in [5, 5.41) is 4.67. The van der Waals surface area contributed by atoms with Gasteiger partial charge in [-0.1, -0.05) is 0 Å². The van der Waals surface area contributed by atoms with E-state index < -0.39 is 0 Å². The second-order valence-electron chi connectivity index (χ2n) is 3.25. The Labute approximate surface area is 89.4 Å². The first-order valence-electron chi connectivity index (χ1n) is 4.78. The van der Waals surface area contributed by atoms with Crippen molar-refractivity contribution in [2.45, 2.75) is 24.1 Å². The Morgan fingerprint density at radius 1 is 1.31 bits per heavy atom. The molecule has 2 heteroatoms. The number of likely N-dealkylation sites (N-methyl/N-ethyl adjacent to an activating group) is 1. The van der Waals surface area contributed by atoms with Crippen LogP contribution >= 0.6 is 0 Å². The van der Waals surface area contributed by atoms with Gasteiger partial charge in [0.15, 0.2) is 0 Å². The average Bonchev–Trinajstić information content (AvgIpc) is 2.19. The summed E-state index contributed by atoms with van der Waals surface area (Å²) in [4.78, 5) is 0. The molecule has 0 amide bonds. The van der Waals surface area contributed by atoms with Gasteiger partial charge >= 0.3 is 89.2 Å². The number of nitrogens with one attached hydrogen (secondary N) is 1. The molecule has 0 radical (unpaired) electrons. The number of hydrogen-bond acceptors (Lipinski definition) is 1. The fourth-order valence-electron chi connectivity index (χ4n) is 1.45. The summed E-state index contributed by atoms with van der Waals surface area (Å²) in [5.41, 5.74) is 1.43. The summed E-state index contributed by atoms with van der Waals surface area (Å²) >= 11 is 1.82. The quantitative estimate of drug-likeness (QED) is 0.763. The van der Waals surface area contributed by atoms with Crippen LogP contribution in [0.5, 0.6) is 0 Å². The topological polar surface area (TPSA) is 12.0 Å². The zero-order valence-corrected chi connectivity index (χ0v) is 10.6. The minimum absolute atomic E-state index is 0.647. The monoisotopic (exact) mass is 239 g/mol. The van der Waals surface area contributed by atoms with Crippen LogP contribution in [0.3, 0.4) is 0 Å². The molecule has 0 aromatic heterocycles. The number of rotatable bonds is 5. The van der Waals surface area contributed by atoms with Gasteiger partial charge in [-0.3, -0.25) is 0 Å². The van der Waals surface area contributed by atoms with Crippen molar-refractivity contribution in [1.29, 1.82) is 0 Å². The van der Waals surface area contributed by atoms with Crippen molar-refractivity contribution < 1.29 is 0 Å². The van der Waals surface area contributed by atoms with Crippen LogP contribution < -0.4 is 5.32 Å². The van der Waals surface area contributed by atoms with Crippen molar-refractivity contribution in [3.05, 3.63) is 35.9 Å². The molecule has 0 spiro atoms. The molecule has 1 unspecified atom stereocenters. The third-order valence-electron chi connectivity index (χ3n) is 2.25. The maximum absolute atomic E-state index is 3.36. The first kappa shape index (κ1) is 10.8. The van der Waals surface area contributed by atoms with Crippen LogP contribution in [0.15, 0.2) is 30.3 Å². The molecule has 0 aliphatic rings. The first-order chi connectivity index (χ1) is 6.36. The minimum atomic E-state index is 0.647. The third-order valence-corrected chi connectivity index (χ3v) is 2.95.